The third-order valence-electron chi connectivity index (χ3n) is 7.43. The zero-order valence-corrected chi connectivity index (χ0v) is 22.4. The molecule has 0 saturated carbocycles. The second-order valence-electron chi connectivity index (χ2n) is 8.92. The van der Waals surface area contributed by atoms with Crippen molar-refractivity contribution in [1.82, 2.24) is 0 Å². The van der Waals surface area contributed by atoms with E-state index in [0.717, 1.165) is 9.54 Å². The zero-order valence-electron chi connectivity index (χ0n) is 18.4. The quantitative estimate of drug-likeness (QED) is 0.585. The van der Waals surface area contributed by atoms with E-state index in [9.17, 15) is 0 Å². The molecule has 0 spiro atoms. The van der Waals surface area contributed by atoms with Crippen molar-refractivity contribution in [2.24, 2.45) is 11.8 Å². The van der Waals surface area contributed by atoms with Crippen molar-refractivity contribution in [3.63, 3.8) is 0 Å². The van der Waals surface area contributed by atoms with Gasteiger partial charge in [0.05, 0.1) is 0 Å². The van der Waals surface area contributed by atoms with Gasteiger partial charge in [-0.25, -0.2) is 0 Å². The van der Waals surface area contributed by atoms with Gasteiger partial charge in [-0.15, -0.1) is 0 Å². The molecule has 0 amide bonds. The number of benzene rings is 1. The van der Waals surface area contributed by atoms with Gasteiger partial charge in [0, 0.05) is 0 Å². The van der Waals surface area contributed by atoms with Gasteiger partial charge in [-0.1, -0.05) is 0 Å². The molecule has 0 aromatic heterocycles. The molecule has 3 heteroatoms. The fourth-order valence-corrected chi connectivity index (χ4v) is 10.3. The summed E-state index contributed by atoms with van der Waals surface area (Å²) in [6.07, 6.45) is 5.27. The Balaban J connectivity index is 0.00000150. The van der Waals surface area contributed by atoms with Crippen molar-refractivity contribution in [3.8, 4) is 0 Å². The van der Waals surface area contributed by atoms with E-state index in [2.05, 4.69) is 78.0 Å². The standard InChI is InChI=1S/C17H19.C9H13.2ClH.Zr/c1-12-10-15-9-8-13(2)17(16(15)11-12)14-6-4-3-5-7-14;1-6-5-7(2)9(4)8(6)3;;;/h3-7,10-11,13,17H,8-9H2,1-2H3;6H,1-4H3;2*1H;/q;;;;+2/p-2. The first-order valence-electron chi connectivity index (χ1n) is 10.5. The Morgan fingerprint density at radius 3 is 2.14 bits per heavy atom. The fourth-order valence-electron chi connectivity index (χ4n) is 5.42. The van der Waals surface area contributed by atoms with Crippen LogP contribution >= 0.6 is 0 Å². The molecule has 0 bridgehead atoms. The van der Waals surface area contributed by atoms with Crippen molar-refractivity contribution < 1.29 is 48.0 Å². The van der Waals surface area contributed by atoms with Gasteiger partial charge in [-0.2, -0.15) is 0 Å². The molecule has 0 saturated heterocycles. The van der Waals surface area contributed by atoms with Crippen LogP contribution in [-0.4, -0.2) is 0 Å². The van der Waals surface area contributed by atoms with Crippen molar-refractivity contribution in [2.45, 2.75) is 63.9 Å². The number of rotatable bonds is 3. The summed E-state index contributed by atoms with van der Waals surface area (Å²) in [4.78, 5) is 0. The minimum Gasteiger partial charge on any atom is -1.00 e. The summed E-state index contributed by atoms with van der Waals surface area (Å²) in [5.74, 6) is 2.05. The molecular formula is C26H32Cl2Zr. The molecule has 4 rings (SSSR count). The first-order valence-corrected chi connectivity index (χ1v) is 13.2. The van der Waals surface area contributed by atoms with Gasteiger partial charge in [0.1, 0.15) is 0 Å². The van der Waals surface area contributed by atoms with E-state index in [1.54, 1.807) is 27.9 Å². The Bertz CT molecular complexity index is 889. The molecule has 3 aliphatic rings. The molecule has 0 nitrogen and oxygen atoms in total. The molecule has 1 aromatic carbocycles. The monoisotopic (exact) mass is 504 g/mol. The van der Waals surface area contributed by atoms with E-state index in [1.807, 2.05) is 8.85 Å². The minimum absolute atomic E-state index is 0. The Labute approximate surface area is 201 Å². The summed E-state index contributed by atoms with van der Waals surface area (Å²) in [5.41, 5.74) is 11.5. The Morgan fingerprint density at radius 2 is 1.55 bits per heavy atom. The minimum atomic E-state index is -0.659. The first kappa shape index (κ1) is 24.9. The molecule has 1 aromatic rings. The summed E-state index contributed by atoms with van der Waals surface area (Å²) in [6.45, 7) is 14.4. The van der Waals surface area contributed by atoms with E-state index >= 15 is 0 Å². The summed E-state index contributed by atoms with van der Waals surface area (Å²) in [6, 6.07) is 11.3. The third-order valence-corrected chi connectivity index (χ3v) is 12.9. The second-order valence-corrected chi connectivity index (χ2v) is 12.4. The van der Waals surface area contributed by atoms with Crippen LogP contribution in [0.5, 0.6) is 0 Å². The molecule has 0 aliphatic heterocycles. The Morgan fingerprint density at radius 1 is 0.897 bits per heavy atom. The molecule has 0 fully saturated rings. The van der Waals surface area contributed by atoms with Crippen LogP contribution in [0.3, 0.4) is 0 Å². The second kappa shape index (κ2) is 9.85. The molecule has 4 unspecified atom stereocenters. The van der Waals surface area contributed by atoms with Crippen LogP contribution in [0.2, 0.25) is 3.63 Å². The Kier molecular flexibility index (Phi) is 8.46. The predicted molar refractivity (Wildman–Crippen MR) is 112 cm³/mol. The van der Waals surface area contributed by atoms with Gasteiger partial charge in [0.2, 0.25) is 0 Å². The van der Waals surface area contributed by atoms with Gasteiger partial charge >= 0.3 is 178 Å². The van der Waals surface area contributed by atoms with Gasteiger partial charge in [-0.3, -0.25) is 0 Å². The van der Waals surface area contributed by atoms with Crippen molar-refractivity contribution in [1.29, 1.82) is 0 Å². The molecular weight excluding hydrogens is 474 g/mol. The number of hydrogen-bond donors (Lipinski definition) is 0. The molecule has 29 heavy (non-hydrogen) atoms. The predicted octanol–water partition coefficient (Wildman–Crippen LogP) is 1.60. The van der Waals surface area contributed by atoms with Crippen LogP contribution in [0.4, 0.5) is 0 Å². The van der Waals surface area contributed by atoms with Crippen molar-refractivity contribution >= 4 is 0 Å². The van der Waals surface area contributed by atoms with Gasteiger partial charge in [0.15, 0.2) is 0 Å². The average molecular weight is 507 g/mol. The van der Waals surface area contributed by atoms with E-state index in [1.165, 1.54) is 18.4 Å². The van der Waals surface area contributed by atoms with E-state index in [-0.39, 0.29) is 24.8 Å². The molecule has 0 N–H and O–H groups in total. The maximum Gasteiger partial charge on any atom is -1.00 e. The van der Waals surface area contributed by atoms with Crippen molar-refractivity contribution in [3.05, 3.63) is 78.7 Å². The summed E-state index contributed by atoms with van der Waals surface area (Å²) < 4.78 is 2.66. The number of halogens is 2. The normalized spacial score (nSPS) is 28.6. The van der Waals surface area contributed by atoms with Crippen LogP contribution in [0.1, 0.15) is 65.9 Å². The van der Waals surface area contributed by atoms with E-state index in [4.69, 9.17) is 0 Å². The Hall–Kier alpha value is -0.357. The summed E-state index contributed by atoms with van der Waals surface area (Å²) in [5, 5.41) is 0. The number of hydrogen-bond acceptors (Lipinski definition) is 0. The van der Waals surface area contributed by atoms with Crippen LogP contribution in [0.25, 0.3) is 0 Å². The van der Waals surface area contributed by atoms with Crippen molar-refractivity contribution in [2.75, 3.05) is 0 Å². The third kappa shape index (κ3) is 4.35. The SMILES string of the molecule is CC1=CC2=C(CCC(C)C2c2ccccc2)[CH]1[Zr+2][C]1=C(C)C(C)=C(C)C1C.[Cl-].[Cl-]. The van der Waals surface area contributed by atoms with Gasteiger partial charge in [0.25, 0.3) is 0 Å². The fraction of sp³-hybridized carbons (Fsp3) is 0.462. The van der Waals surface area contributed by atoms with Gasteiger partial charge < -0.3 is 24.8 Å². The molecule has 4 atom stereocenters. The topological polar surface area (TPSA) is 0 Å². The summed E-state index contributed by atoms with van der Waals surface area (Å²) in [7, 11) is 0. The van der Waals surface area contributed by atoms with E-state index < -0.39 is 23.2 Å². The summed E-state index contributed by atoms with van der Waals surface area (Å²) >= 11 is -0.659. The smallest absolute Gasteiger partial charge is 1.00 e. The maximum absolute atomic E-state index is 2.59. The molecule has 0 heterocycles. The largest absolute Gasteiger partial charge is 1.00 e. The first-order chi connectivity index (χ1) is 12.9. The van der Waals surface area contributed by atoms with Gasteiger partial charge in [-0.05, 0) is 0 Å². The van der Waals surface area contributed by atoms with Crippen LogP contribution in [-0.2, 0) is 23.2 Å². The maximum atomic E-state index is 2.59. The number of allylic oxidation sites excluding steroid dienone is 8. The molecule has 154 valence electrons. The van der Waals surface area contributed by atoms with Crippen LogP contribution in [0, 0.1) is 11.8 Å². The average Bonchev–Trinajstić information content (AvgIpc) is 3.07. The van der Waals surface area contributed by atoms with Crippen LogP contribution in [0.15, 0.2) is 73.1 Å². The molecule has 0 radical (unpaired) electrons. The van der Waals surface area contributed by atoms with Crippen LogP contribution < -0.4 is 24.8 Å². The zero-order chi connectivity index (χ0) is 19.3. The van der Waals surface area contributed by atoms with E-state index in [0.29, 0.717) is 11.8 Å². The molecule has 3 aliphatic carbocycles.